The van der Waals surface area contributed by atoms with Crippen LogP contribution in [0.1, 0.15) is 21.5 Å². The molecule has 1 amide bonds. The second kappa shape index (κ2) is 8.04. The number of halogens is 1. The average molecular weight is 425 g/mol. The number of hydrogen-bond donors (Lipinski definition) is 3. The SMILES string of the molecule is O=C1NCc2c(Cl)ccc(-c3cc4cc(CN5CCN(CCO)CC5)ccc4[nH]3)c21. The van der Waals surface area contributed by atoms with Crippen molar-refractivity contribution in [3.8, 4) is 11.3 Å². The smallest absolute Gasteiger partial charge is 0.252 e. The summed E-state index contributed by atoms with van der Waals surface area (Å²) < 4.78 is 0. The molecule has 2 aliphatic rings. The molecule has 1 fully saturated rings. The van der Waals surface area contributed by atoms with E-state index in [0.29, 0.717) is 17.1 Å². The van der Waals surface area contributed by atoms with Crippen molar-refractivity contribution in [1.82, 2.24) is 20.1 Å². The standard InChI is InChI=1S/C23H25ClN4O2/c24-19-3-2-17(22-18(19)13-25-23(22)30)21-12-16-11-15(1-4-20(16)26-21)14-28-7-5-27(6-8-28)9-10-29/h1-4,11-12,26,29H,5-10,13-14H2,(H,25,30). The minimum absolute atomic E-state index is 0.0674. The molecule has 2 aromatic carbocycles. The average Bonchev–Trinajstić information content (AvgIpc) is 3.34. The summed E-state index contributed by atoms with van der Waals surface area (Å²) in [6, 6.07) is 12.4. The van der Waals surface area contributed by atoms with Gasteiger partial charge in [-0.05, 0) is 29.8 Å². The first kappa shape index (κ1) is 19.6. The van der Waals surface area contributed by atoms with Gasteiger partial charge in [-0.2, -0.15) is 0 Å². The number of aromatic amines is 1. The Balaban J connectivity index is 1.38. The highest BCUT2D eigenvalue weighted by Gasteiger charge is 2.26. The van der Waals surface area contributed by atoms with E-state index < -0.39 is 0 Å². The maximum atomic E-state index is 12.4. The fourth-order valence-electron chi connectivity index (χ4n) is 4.53. The van der Waals surface area contributed by atoms with Crippen LogP contribution < -0.4 is 5.32 Å². The van der Waals surface area contributed by atoms with Gasteiger partial charge in [0.2, 0.25) is 0 Å². The number of carbonyl (C=O) groups excluding carboxylic acids is 1. The first-order valence-corrected chi connectivity index (χ1v) is 10.8. The minimum Gasteiger partial charge on any atom is -0.395 e. The van der Waals surface area contributed by atoms with Gasteiger partial charge >= 0.3 is 0 Å². The van der Waals surface area contributed by atoms with Crippen molar-refractivity contribution in [2.24, 2.45) is 0 Å². The second-order valence-electron chi connectivity index (χ2n) is 8.08. The zero-order valence-electron chi connectivity index (χ0n) is 16.7. The van der Waals surface area contributed by atoms with Crippen molar-refractivity contribution in [2.75, 3.05) is 39.3 Å². The van der Waals surface area contributed by atoms with Crippen LogP contribution in [0, 0.1) is 0 Å². The summed E-state index contributed by atoms with van der Waals surface area (Å²) in [7, 11) is 0. The summed E-state index contributed by atoms with van der Waals surface area (Å²) in [4.78, 5) is 20.6. The van der Waals surface area contributed by atoms with E-state index in [4.69, 9.17) is 16.7 Å². The van der Waals surface area contributed by atoms with E-state index in [9.17, 15) is 4.79 Å². The third kappa shape index (κ3) is 3.61. The molecule has 1 aromatic heterocycles. The quantitative estimate of drug-likeness (QED) is 0.589. The number of carbonyl (C=O) groups is 1. The fourth-order valence-corrected chi connectivity index (χ4v) is 4.76. The molecule has 30 heavy (non-hydrogen) atoms. The van der Waals surface area contributed by atoms with E-state index in [1.807, 2.05) is 12.1 Å². The number of aliphatic hydroxyl groups is 1. The van der Waals surface area contributed by atoms with Crippen LogP contribution in [0.2, 0.25) is 5.02 Å². The summed E-state index contributed by atoms with van der Waals surface area (Å²) in [6.07, 6.45) is 0. The summed E-state index contributed by atoms with van der Waals surface area (Å²) in [5.41, 5.74) is 5.71. The van der Waals surface area contributed by atoms with Gasteiger partial charge in [0.1, 0.15) is 0 Å². The fraction of sp³-hybridized carbons (Fsp3) is 0.348. The molecule has 5 rings (SSSR count). The predicted octanol–water partition coefficient (Wildman–Crippen LogP) is 2.84. The second-order valence-corrected chi connectivity index (χ2v) is 8.48. The molecule has 0 unspecified atom stereocenters. The number of aliphatic hydroxyl groups excluding tert-OH is 1. The summed E-state index contributed by atoms with van der Waals surface area (Å²) in [5, 5.41) is 13.7. The maximum Gasteiger partial charge on any atom is 0.252 e. The zero-order chi connectivity index (χ0) is 20.7. The number of H-pyrrole nitrogens is 1. The molecule has 0 bridgehead atoms. The van der Waals surface area contributed by atoms with Crippen LogP contribution in [0.25, 0.3) is 22.2 Å². The van der Waals surface area contributed by atoms with Crippen LogP contribution in [0.3, 0.4) is 0 Å². The molecule has 7 heteroatoms. The number of rotatable bonds is 5. The third-order valence-corrected chi connectivity index (χ3v) is 6.53. The van der Waals surface area contributed by atoms with E-state index >= 15 is 0 Å². The van der Waals surface area contributed by atoms with Crippen molar-refractivity contribution in [3.63, 3.8) is 0 Å². The Kier molecular flexibility index (Phi) is 5.25. The Morgan fingerprint density at radius 3 is 2.63 bits per heavy atom. The van der Waals surface area contributed by atoms with Crippen LogP contribution >= 0.6 is 11.6 Å². The van der Waals surface area contributed by atoms with E-state index in [1.54, 1.807) is 0 Å². The number of nitrogens with zero attached hydrogens (tertiary/aromatic N) is 2. The highest BCUT2D eigenvalue weighted by Crippen LogP contribution is 2.34. The third-order valence-electron chi connectivity index (χ3n) is 6.17. The number of benzene rings is 2. The van der Waals surface area contributed by atoms with E-state index in [-0.39, 0.29) is 12.5 Å². The molecular formula is C23H25ClN4O2. The highest BCUT2D eigenvalue weighted by atomic mass is 35.5. The number of nitrogens with one attached hydrogen (secondary N) is 2. The molecule has 3 N–H and O–H groups in total. The maximum absolute atomic E-state index is 12.4. The highest BCUT2D eigenvalue weighted by molar-refractivity contribution is 6.32. The Hall–Kier alpha value is -2.38. The molecule has 6 nitrogen and oxygen atoms in total. The topological polar surface area (TPSA) is 71.6 Å². The van der Waals surface area contributed by atoms with Gasteiger partial charge in [-0.15, -0.1) is 0 Å². The van der Waals surface area contributed by atoms with Crippen molar-refractivity contribution in [3.05, 3.63) is 58.1 Å². The summed E-state index contributed by atoms with van der Waals surface area (Å²) >= 11 is 6.29. The van der Waals surface area contributed by atoms with Gasteiger partial charge in [-0.3, -0.25) is 14.6 Å². The van der Waals surface area contributed by atoms with Crippen LogP contribution in [-0.2, 0) is 13.1 Å². The zero-order valence-corrected chi connectivity index (χ0v) is 17.5. The molecule has 3 heterocycles. The van der Waals surface area contributed by atoms with Gasteiger partial charge in [0.25, 0.3) is 5.91 Å². The monoisotopic (exact) mass is 424 g/mol. The molecule has 0 saturated carbocycles. The van der Waals surface area contributed by atoms with Gasteiger partial charge < -0.3 is 15.4 Å². The number of β-amino-alcohol motifs (C(OH)–C–C–N with tert-alkyl or cyclic N) is 1. The van der Waals surface area contributed by atoms with Crippen molar-refractivity contribution < 1.29 is 9.90 Å². The molecule has 3 aromatic rings. The summed E-state index contributed by atoms with van der Waals surface area (Å²) in [5.74, 6) is -0.0674. The first-order chi connectivity index (χ1) is 14.6. The first-order valence-electron chi connectivity index (χ1n) is 10.4. The molecule has 0 radical (unpaired) electrons. The number of amides is 1. The molecule has 2 aliphatic heterocycles. The number of piperazine rings is 1. The number of aromatic nitrogens is 1. The lowest BCUT2D eigenvalue weighted by Gasteiger charge is -2.34. The molecule has 0 aliphatic carbocycles. The van der Waals surface area contributed by atoms with Crippen molar-refractivity contribution in [1.29, 1.82) is 0 Å². The lowest BCUT2D eigenvalue weighted by molar-refractivity contribution is 0.0966. The van der Waals surface area contributed by atoms with E-state index in [0.717, 1.165) is 67.0 Å². The van der Waals surface area contributed by atoms with Gasteiger partial charge in [0, 0.05) is 78.6 Å². The van der Waals surface area contributed by atoms with Crippen molar-refractivity contribution >= 4 is 28.4 Å². The Bertz CT molecular complexity index is 1100. The number of hydrogen-bond acceptors (Lipinski definition) is 4. The Labute approximate surface area is 180 Å². The van der Waals surface area contributed by atoms with Crippen molar-refractivity contribution in [2.45, 2.75) is 13.1 Å². The van der Waals surface area contributed by atoms with Crippen LogP contribution in [-0.4, -0.2) is 65.1 Å². The summed E-state index contributed by atoms with van der Waals surface area (Å²) in [6.45, 7) is 6.43. The van der Waals surface area contributed by atoms with Gasteiger partial charge in [-0.1, -0.05) is 23.7 Å². The van der Waals surface area contributed by atoms with Crippen LogP contribution in [0.15, 0.2) is 36.4 Å². The lowest BCUT2D eigenvalue weighted by Crippen LogP contribution is -2.46. The van der Waals surface area contributed by atoms with Crippen LogP contribution in [0.4, 0.5) is 0 Å². The number of fused-ring (bicyclic) bond motifs is 2. The Morgan fingerprint density at radius 2 is 1.83 bits per heavy atom. The van der Waals surface area contributed by atoms with E-state index in [1.165, 1.54) is 5.56 Å². The molecule has 0 spiro atoms. The normalized spacial score (nSPS) is 17.5. The molecule has 1 saturated heterocycles. The minimum atomic E-state index is -0.0674. The van der Waals surface area contributed by atoms with E-state index in [2.05, 4.69) is 44.4 Å². The lowest BCUT2D eigenvalue weighted by atomic mass is 10.0. The van der Waals surface area contributed by atoms with Gasteiger partial charge in [-0.25, -0.2) is 0 Å². The van der Waals surface area contributed by atoms with Crippen LogP contribution in [0.5, 0.6) is 0 Å². The molecular weight excluding hydrogens is 400 g/mol. The van der Waals surface area contributed by atoms with Gasteiger partial charge in [0.15, 0.2) is 0 Å². The largest absolute Gasteiger partial charge is 0.395 e. The Morgan fingerprint density at radius 1 is 1.03 bits per heavy atom. The predicted molar refractivity (Wildman–Crippen MR) is 119 cm³/mol. The van der Waals surface area contributed by atoms with Gasteiger partial charge in [0.05, 0.1) is 12.2 Å². The molecule has 0 atom stereocenters. The molecule has 156 valence electrons.